The number of hydrogen-bond acceptors (Lipinski definition) is 12. The van der Waals surface area contributed by atoms with Crippen LogP contribution in [0.4, 0.5) is 0 Å². The summed E-state index contributed by atoms with van der Waals surface area (Å²) in [5.74, 6) is 0.0392. The number of para-hydroxylation sites is 1. The van der Waals surface area contributed by atoms with Gasteiger partial charge in [-0.15, -0.1) is 0 Å². The molecule has 3 atom stereocenters. The highest BCUT2D eigenvalue weighted by Gasteiger charge is 2.35. The fraction of sp³-hybridized carbons (Fsp3) is 0.512. The number of amides is 2. The molecule has 0 bridgehead atoms. The molecule has 55 heavy (non-hydrogen) atoms. The number of hydrogen-bond donors (Lipinski definition) is 4. The molecular weight excluding hydrogens is 699 g/mol. The van der Waals surface area contributed by atoms with E-state index >= 15 is 0 Å². The largest absolute Gasteiger partial charge is 0.507 e. The van der Waals surface area contributed by atoms with Crippen LogP contribution in [-0.4, -0.2) is 163 Å². The van der Waals surface area contributed by atoms with Crippen molar-refractivity contribution in [1.82, 2.24) is 29.8 Å². The Labute approximate surface area is 323 Å². The maximum Gasteiger partial charge on any atom is 0.255 e. The van der Waals surface area contributed by atoms with Crippen LogP contribution >= 0.6 is 0 Å². The lowest BCUT2D eigenvalue weighted by Gasteiger charge is -2.45. The van der Waals surface area contributed by atoms with E-state index in [2.05, 4.69) is 29.9 Å². The van der Waals surface area contributed by atoms with Crippen LogP contribution in [0.5, 0.6) is 5.75 Å². The van der Waals surface area contributed by atoms with Crippen LogP contribution in [0.25, 0.3) is 0 Å². The van der Waals surface area contributed by atoms with E-state index in [4.69, 9.17) is 11.1 Å². The number of benzene rings is 2. The van der Waals surface area contributed by atoms with Gasteiger partial charge < -0.3 is 41.1 Å². The molecule has 2 aromatic carbocycles. The van der Waals surface area contributed by atoms with Gasteiger partial charge in [0.15, 0.2) is 6.29 Å². The molecule has 3 unspecified atom stereocenters. The van der Waals surface area contributed by atoms with Crippen molar-refractivity contribution in [3.63, 3.8) is 0 Å². The van der Waals surface area contributed by atoms with Crippen LogP contribution in [0.1, 0.15) is 69.9 Å². The fourth-order valence-electron chi connectivity index (χ4n) is 8.65. The van der Waals surface area contributed by atoms with E-state index in [0.717, 1.165) is 95.7 Å². The molecule has 5 N–H and O–H groups in total. The normalized spacial score (nSPS) is 22.5. The Morgan fingerprint density at radius 1 is 1.00 bits per heavy atom. The molecule has 2 aromatic rings. The second-order valence-electron chi connectivity index (χ2n) is 15.1. The molecule has 0 spiro atoms. The fourth-order valence-corrected chi connectivity index (χ4v) is 8.65. The number of aldehydes is 2. The number of likely N-dealkylation sites (N-methyl/N-ethyl adjacent to an activating group) is 2. The van der Waals surface area contributed by atoms with E-state index in [9.17, 15) is 24.3 Å². The second kappa shape index (κ2) is 18.1. The number of rotatable bonds is 14. The maximum absolute atomic E-state index is 13.4. The highest BCUT2D eigenvalue weighted by atomic mass is 16.3. The quantitative estimate of drug-likeness (QED) is 0.165. The van der Waals surface area contributed by atoms with E-state index in [0.29, 0.717) is 41.8 Å². The summed E-state index contributed by atoms with van der Waals surface area (Å²) < 4.78 is 0. The van der Waals surface area contributed by atoms with Gasteiger partial charge in [0.05, 0.1) is 29.6 Å². The molecule has 3 fully saturated rings. The first-order chi connectivity index (χ1) is 26.6. The topological polar surface area (TPSA) is 179 Å². The van der Waals surface area contributed by atoms with Crippen LogP contribution in [-0.2, 0) is 9.59 Å². The standard InChI is InChI=1S/C41H55N9O5/c1-44-40(54)36(7-5-21-51)46(2)41(55)33-10-9-29(22-30(33)27-52)28-11-15-49(16-12-28)31-13-14-47(25-31)17-18-48-19-20-50-32(26-48)24-45-39(43)37(50)23-35(42)34-6-3-4-8-38(34)53/h3-4,6,8-10,21-23,27-28,31-32,36,42,53H,5,7,11-20,24-26H2,1-2H3,(H2,43,45)(H,44,54)/b37-23+,42-35?. The molecule has 0 radical (unpaired) electrons. The van der Waals surface area contributed by atoms with Crippen LogP contribution < -0.4 is 11.1 Å². The average molecular weight is 754 g/mol. The van der Waals surface area contributed by atoms with E-state index < -0.39 is 11.9 Å². The summed E-state index contributed by atoms with van der Waals surface area (Å²) >= 11 is 0. The summed E-state index contributed by atoms with van der Waals surface area (Å²) in [5.41, 5.74) is 9.39. The molecular formula is C41H55N9O5. The number of phenols is 1. The van der Waals surface area contributed by atoms with Gasteiger partial charge in [-0.2, -0.15) is 0 Å². The minimum absolute atomic E-state index is 0.0748. The van der Waals surface area contributed by atoms with Crippen LogP contribution in [0.2, 0.25) is 0 Å². The first-order valence-electron chi connectivity index (χ1n) is 19.5. The number of likely N-dealkylation sites (tertiary alicyclic amines) is 2. The minimum atomic E-state index is -0.807. The number of phenolic OH excluding ortho intramolecular Hbond substituents is 1. The number of amidine groups is 1. The Bertz CT molecular complexity index is 1810. The summed E-state index contributed by atoms with van der Waals surface area (Å²) in [4.78, 5) is 64.9. The number of piperidine rings is 1. The molecule has 3 saturated heterocycles. The Morgan fingerprint density at radius 2 is 1.73 bits per heavy atom. The number of nitrogens with two attached hydrogens (primary N) is 1. The van der Waals surface area contributed by atoms with Gasteiger partial charge in [-0.1, -0.05) is 18.2 Å². The number of nitrogens with one attached hydrogen (secondary N) is 2. The van der Waals surface area contributed by atoms with Gasteiger partial charge in [0, 0.05) is 77.0 Å². The lowest BCUT2D eigenvalue weighted by Crippen LogP contribution is -2.58. The average Bonchev–Trinajstić information content (AvgIpc) is 3.69. The molecule has 0 saturated carbocycles. The predicted molar refractivity (Wildman–Crippen MR) is 212 cm³/mol. The minimum Gasteiger partial charge on any atom is -0.507 e. The molecule has 294 valence electrons. The number of aliphatic imine (C=N–C) groups is 1. The number of fused-ring (bicyclic) bond motifs is 1. The van der Waals surface area contributed by atoms with Crippen molar-refractivity contribution in [2.75, 3.05) is 79.5 Å². The highest BCUT2D eigenvalue weighted by Crippen LogP contribution is 2.32. The van der Waals surface area contributed by atoms with Crippen molar-refractivity contribution in [2.24, 2.45) is 10.7 Å². The van der Waals surface area contributed by atoms with Gasteiger partial charge in [0.25, 0.3) is 5.91 Å². The van der Waals surface area contributed by atoms with Gasteiger partial charge in [-0.3, -0.25) is 29.2 Å². The van der Waals surface area contributed by atoms with Crippen LogP contribution in [0, 0.1) is 5.41 Å². The molecule has 6 rings (SSSR count). The van der Waals surface area contributed by atoms with Crippen molar-refractivity contribution < 1.29 is 24.3 Å². The highest BCUT2D eigenvalue weighted by molar-refractivity contribution is 6.13. The number of piperazine rings is 1. The number of carbonyl (C=O) groups excluding carboxylic acids is 4. The van der Waals surface area contributed by atoms with Gasteiger partial charge in [0.1, 0.15) is 23.9 Å². The monoisotopic (exact) mass is 753 g/mol. The van der Waals surface area contributed by atoms with Gasteiger partial charge in [-0.05, 0) is 87.1 Å². The number of carbonyl (C=O) groups is 4. The number of allylic oxidation sites excluding steroid dienone is 1. The van der Waals surface area contributed by atoms with E-state index in [1.54, 1.807) is 30.3 Å². The number of nitrogens with zero attached hydrogens (tertiary/aromatic N) is 6. The molecule has 14 heteroatoms. The molecule has 4 heterocycles. The summed E-state index contributed by atoms with van der Waals surface area (Å²) in [6.45, 7) is 9.34. The summed E-state index contributed by atoms with van der Waals surface area (Å²) in [6, 6.07) is 12.3. The first-order valence-corrected chi connectivity index (χ1v) is 19.5. The summed E-state index contributed by atoms with van der Waals surface area (Å²) in [6.07, 6.45) is 6.64. The predicted octanol–water partition coefficient (Wildman–Crippen LogP) is 1.93. The van der Waals surface area contributed by atoms with Crippen molar-refractivity contribution >= 4 is 35.9 Å². The molecule has 0 aromatic heterocycles. The zero-order valence-electron chi connectivity index (χ0n) is 32.0. The third-order valence-corrected chi connectivity index (χ3v) is 11.9. The van der Waals surface area contributed by atoms with Crippen molar-refractivity contribution in [2.45, 2.75) is 56.1 Å². The molecule has 14 nitrogen and oxygen atoms in total. The Balaban J connectivity index is 0.967. The third-order valence-electron chi connectivity index (χ3n) is 11.9. The molecule has 2 amide bonds. The van der Waals surface area contributed by atoms with Gasteiger partial charge >= 0.3 is 0 Å². The Morgan fingerprint density at radius 3 is 2.44 bits per heavy atom. The van der Waals surface area contributed by atoms with Crippen molar-refractivity contribution in [3.8, 4) is 5.75 Å². The number of aromatic hydroxyl groups is 1. The molecule has 0 aliphatic carbocycles. The van der Waals surface area contributed by atoms with Crippen LogP contribution in [0.15, 0.2) is 59.2 Å². The maximum atomic E-state index is 13.4. The Kier molecular flexibility index (Phi) is 13.1. The third kappa shape index (κ3) is 9.14. The summed E-state index contributed by atoms with van der Waals surface area (Å²) in [5, 5.41) is 21.4. The van der Waals surface area contributed by atoms with E-state index in [-0.39, 0.29) is 41.8 Å². The van der Waals surface area contributed by atoms with E-state index in [1.807, 2.05) is 18.2 Å². The zero-order valence-corrected chi connectivity index (χ0v) is 32.0. The lowest BCUT2D eigenvalue weighted by molar-refractivity contribution is -0.125. The first kappa shape index (κ1) is 39.8. The van der Waals surface area contributed by atoms with Crippen molar-refractivity contribution in [3.05, 3.63) is 76.5 Å². The smallest absolute Gasteiger partial charge is 0.255 e. The van der Waals surface area contributed by atoms with Crippen molar-refractivity contribution in [1.29, 1.82) is 5.41 Å². The van der Waals surface area contributed by atoms with Gasteiger partial charge in [-0.25, -0.2) is 0 Å². The molecule has 4 aliphatic heterocycles. The second-order valence-corrected chi connectivity index (χ2v) is 15.1. The SMILES string of the molecule is CNC(=O)C(CCC=O)N(C)C(=O)c1ccc(C2CCN(C3CCN(CCN4CCN5/C(=C/C(=N)c6ccccc6O)C(N)=NCC5C4)C3)CC2)cc1C=O. The Hall–Kier alpha value is -4.92. The van der Waals surface area contributed by atoms with E-state index in [1.165, 1.54) is 19.0 Å². The van der Waals surface area contributed by atoms with Crippen LogP contribution in [0.3, 0.4) is 0 Å². The lowest BCUT2D eigenvalue weighted by atomic mass is 9.87. The molecule has 4 aliphatic rings. The summed E-state index contributed by atoms with van der Waals surface area (Å²) in [7, 11) is 3.03. The zero-order chi connectivity index (χ0) is 39.1. The van der Waals surface area contributed by atoms with Gasteiger partial charge in [0.2, 0.25) is 5.91 Å².